The lowest BCUT2D eigenvalue weighted by Crippen LogP contribution is -2.36. The largest absolute Gasteiger partial charge is 0.480 e. The third-order valence-corrected chi connectivity index (χ3v) is 5.16. The summed E-state index contributed by atoms with van der Waals surface area (Å²) in [6.07, 6.45) is -1.18. The molecule has 0 bridgehead atoms. The van der Waals surface area contributed by atoms with Crippen molar-refractivity contribution < 1.29 is 23.4 Å². The van der Waals surface area contributed by atoms with Gasteiger partial charge in [0.15, 0.2) is 5.82 Å². The highest BCUT2D eigenvalue weighted by atomic mass is 19.3. The summed E-state index contributed by atoms with van der Waals surface area (Å²) in [6, 6.07) is 8.48. The zero-order valence-electron chi connectivity index (χ0n) is 16.7. The van der Waals surface area contributed by atoms with Gasteiger partial charge in [-0.1, -0.05) is 17.3 Å². The van der Waals surface area contributed by atoms with Crippen LogP contribution in [0.25, 0.3) is 5.69 Å². The number of halogens is 2. The number of nitrogens with zero attached hydrogens (tertiary/aromatic N) is 6. The average molecular weight is 430 g/mol. The third kappa shape index (κ3) is 4.30. The van der Waals surface area contributed by atoms with Crippen LogP contribution in [0.3, 0.4) is 0 Å². The number of aryl methyl sites for hydroxylation is 1. The average Bonchev–Trinajstić information content (AvgIpc) is 3.40. The van der Waals surface area contributed by atoms with Crippen molar-refractivity contribution in [3.8, 4) is 11.6 Å². The number of carboxylic acids is 1. The molecule has 31 heavy (non-hydrogen) atoms. The van der Waals surface area contributed by atoms with Crippen LogP contribution in [0.15, 0.2) is 36.4 Å². The molecule has 4 rings (SSSR count). The van der Waals surface area contributed by atoms with E-state index in [1.54, 1.807) is 36.1 Å². The molecule has 1 atom stereocenters. The Morgan fingerprint density at radius 2 is 1.97 bits per heavy atom. The van der Waals surface area contributed by atoms with E-state index in [4.69, 9.17) is 4.74 Å². The first kappa shape index (κ1) is 20.6. The summed E-state index contributed by atoms with van der Waals surface area (Å²) >= 11 is 0. The minimum Gasteiger partial charge on any atom is -0.480 e. The molecule has 0 radical (unpaired) electrons. The first-order valence-electron chi connectivity index (χ1n) is 9.69. The lowest BCUT2D eigenvalue weighted by molar-refractivity contribution is -0.138. The van der Waals surface area contributed by atoms with Crippen LogP contribution in [0.2, 0.25) is 0 Å². The van der Waals surface area contributed by atoms with Crippen molar-refractivity contribution in [2.45, 2.75) is 38.8 Å². The fourth-order valence-electron chi connectivity index (χ4n) is 3.49. The summed E-state index contributed by atoms with van der Waals surface area (Å²) in [5.41, 5.74) is 1.78. The van der Waals surface area contributed by atoms with Gasteiger partial charge in [0.05, 0.1) is 11.4 Å². The van der Waals surface area contributed by atoms with Gasteiger partial charge in [-0.3, -0.25) is 0 Å². The lowest BCUT2D eigenvalue weighted by atomic mass is 10.2. The van der Waals surface area contributed by atoms with Gasteiger partial charge in [0.25, 0.3) is 6.43 Å². The number of hydrogen-bond donors (Lipinski definition) is 1. The third-order valence-electron chi connectivity index (χ3n) is 5.16. The number of rotatable bonds is 7. The van der Waals surface area contributed by atoms with Crippen LogP contribution in [-0.4, -0.2) is 48.9 Å². The Balaban J connectivity index is 1.46. The SMILES string of the molecule is Cc1nnn(-c2ccc(C(F)F)cc2)c1COc1ccc(N2CCC[C@@H]2C(=O)O)nn1. The zero-order valence-corrected chi connectivity index (χ0v) is 16.7. The van der Waals surface area contributed by atoms with E-state index in [0.717, 1.165) is 6.42 Å². The van der Waals surface area contributed by atoms with E-state index in [0.29, 0.717) is 35.9 Å². The molecule has 3 aromatic rings. The fraction of sp³-hybridized carbons (Fsp3) is 0.350. The van der Waals surface area contributed by atoms with Crippen molar-refractivity contribution in [2.24, 2.45) is 0 Å². The van der Waals surface area contributed by atoms with Gasteiger partial charge in [0.1, 0.15) is 18.3 Å². The number of carbonyl (C=O) groups is 1. The molecular weight excluding hydrogens is 410 g/mol. The molecule has 0 unspecified atom stereocenters. The van der Waals surface area contributed by atoms with Crippen LogP contribution in [0.5, 0.6) is 5.88 Å². The Labute approximate surface area is 176 Å². The molecule has 1 saturated heterocycles. The van der Waals surface area contributed by atoms with Crippen molar-refractivity contribution in [1.29, 1.82) is 0 Å². The lowest BCUT2D eigenvalue weighted by Gasteiger charge is -2.21. The standard InChI is InChI=1S/C20H20F2N6O3/c1-12-16(28(26-23-12)14-6-4-13(5-7-14)19(21)22)11-31-18-9-8-17(24-25-18)27-10-2-3-15(27)20(29)30/h4-9,15,19H,2-3,10-11H2,1H3,(H,29,30)/t15-/m1/s1. The normalized spacial score (nSPS) is 16.1. The van der Waals surface area contributed by atoms with E-state index >= 15 is 0 Å². The Kier molecular flexibility index (Phi) is 5.74. The maximum Gasteiger partial charge on any atom is 0.326 e. The fourth-order valence-corrected chi connectivity index (χ4v) is 3.49. The van der Waals surface area contributed by atoms with Crippen molar-refractivity contribution >= 4 is 11.8 Å². The Hall–Kier alpha value is -3.63. The maximum atomic E-state index is 12.8. The van der Waals surface area contributed by atoms with Gasteiger partial charge in [-0.15, -0.1) is 15.3 Å². The molecule has 1 fully saturated rings. The van der Waals surface area contributed by atoms with Crippen LogP contribution < -0.4 is 9.64 Å². The smallest absolute Gasteiger partial charge is 0.326 e. The second kappa shape index (κ2) is 8.62. The number of aliphatic carboxylic acids is 1. The Morgan fingerprint density at radius 1 is 1.19 bits per heavy atom. The van der Waals surface area contributed by atoms with E-state index in [9.17, 15) is 18.7 Å². The van der Waals surface area contributed by atoms with Crippen LogP contribution >= 0.6 is 0 Å². The van der Waals surface area contributed by atoms with Crippen molar-refractivity contribution in [3.63, 3.8) is 0 Å². The summed E-state index contributed by atoms with van der Waals surface area (Å²) in [6.45, 7) is 2.47. The second-order valence-electron chi connectivity index (χ2n) is 7.13. The maximum absolute atomic E-state index is 12.8. The van der Waals surface area contributed by atoms with Crippen molar-refractivity contribution in [2.75, 3.05) is 11.4 Å². The highest BCUT2D eigenvalue weighted by Gasteiger charge is 2.31. The molecule has 2 aromatic heterocycles. The van der Waals surface area contributed by atoms with Crippen LogP contribution in [0, 0.1) is 6.92 Å². The van der Waals surface area contributed by atoms with Crippen LogP contribution in [0.4, 0.5) is 14.6 Å². The minimum atomic E-state index is -2.54. The van der Waals surface area contributed by atoms with Gasteiger partial charge >= 0.3 is 5.97 Å². The molecule has 3 heterocycles. The predicted molar refractivity (Wildman–Crippen MR) is 105 cm³/mol. The van der Waals surface area contributed by atoms with E-state index in [2.05, 4.69) is 20.5 Å². The number of benzene rings is 1. The number of anilines is 1. The number of hydrogen-bond acceptors (Lipinski definition) is 7. The predicted octanol–water partition coefficient (Wildman–Crippen LogP) is 2.94. The summed E-state index contributed by atoms with van der Waals surface area (Å²) in [5, 5.41) is 25.6. The molecule has 0 aliphatic carbocycles. The minimum absolute atomic E-state index is 0.0723. The quantitative estimate of drug-likeness (QED) is 0.610. The molecule has 9 nitrogen and oxygen atoms in total. The second-order valence-corrected chi connectivity index (χ2v) is 7.13. The zero-order chi connectivity index (χ0) is 22.0. The molecular formula is C20H20F2N6O3. The van der Waals surface area contributed by atoms with Gasteiger partial charge < -0.3 is 14.7 Å². The number of ether oxygens (including phenoxy) is 1. The van der Waals surface area contributed by atoms with Crippen molar-refractivity contribution in [1.82, 2.24) is 25.2 Å². The molecule has 1 N–H and O–H groups in total. The Bertz CT molecular complexity index is 1060. The molecule has 11 heteroatoms. The Morgan fingerprint density at radius 3 is 2.61 bits per heavy atom. The van der Waals surface area contributed by atoms with Gasteiger partial charge in [-0.25, -0.2) is 18.3 Å². The van der Waals surface area contributed by atoms with E-state index in [1.807, 2.05) is 0 Å². The summed E-state index contributed by atoms with van der Waals surface area (Å²) in [7, 11) is 0. The number of aromatic nitrogens is 5. The first-order chi connectivity index (χ1) is 14.9. The molecule has 1 aliphatic rings. The molecule has 0 saturated carbocycles. The summed E-state index contributed by atoms with van der Waals surface area (Å²) in [4.78, 5) is 13.1. The summed E-state index contributed by atoms with van der Waals surface area (Å²) < 4.78 is 32.8. The molecule has 0 amide bonds. The topological polar surface area (TPSA) is 106 Å². The van der Waals surface area contributed by atoms with Crippen molar-refractivity contribution in [3.05, 3.63) is 53.3 Å². The molecule has 1 aromatic carbocycles. The van der Waals surface area contributed by atoms with E-state index in [1.165, 1.54) is 16.8 Å². The summed E-state index contributed by atoms with van der Waals surface area (Å²) in [5.74, 6) is -0.133. The van der Waals surface area contributed by atoms with Gasteiger partial charge in [-0.05, 0) is 38.0 Å². The number of carboxylic acid groups (broad SMARTS) is 1. The van der Waals surface area contributed by atoms with Gasteiger partial charge in [0, 0.05) is 18.2 Å². The highest BCUT2D eigenvalue weighted by Crippen LogP contribution is 2.25. The first-order valence-corrected chi connectivity index (χ1v) is 9.69. The van der Waals surface area contributed by atoms with Crippen LogP contribution in [0.1, 0.15) is 36.2 Å². The van der Waals surface area contributed by atoms with Gasteiger partial charge in [0.2, 0.25) is 5.88 Å². The van der Waals surface area contributed by atoms with Gasteiger partial charge in [-0.2, -0.15) is 0 Å². The monoisotopic (exact) mass is 430 g/mol. The molecule has 0 spiro atoms. The van der Waals surface area contributed by atoms with Crippen LogP contribution in [-0.2, 0) is 11.4 Å². The highest BCUT2D eigenvalue weighted by molar-refractivity contribution is 5.78. The van der Waals surface area contributed by atoms with E-state index in [-0.39, 0.29) is 18.1 Å². The molecule has 162 valence electrons. The van der Waals surface area contributed by atoms with E-state index < -0.39 is 18.4 Å². The number of alkyl halides is 2. The molecule has 1 aliphatic heterocycles.